The van der Waals surface area contributed by atoms with E-state index < -0.39 is 25.7 Å². The van der Waals surface area contributed by atoms with Gasteiger partial charge in [-0.25, -0.2) is 0 Å². The number of anilines is 2. The van der Waals surface area contributed by atoms with E-state index in [9.17, 15) is 15.0 Å². The van der Waals surface area contributed by atoms with Gasteiger partial charge in [-0.2, -0.15) is 0 Å². The normalized spacial score (nSPS) is 21.6. The number of amides is 2. The number of rotatable bonds is 13. The lowest BCUT2D eigenvalue weighted by atomic mass is 9.82. The fraction of sp³-hybridized carbons (Fsp3) is 0.349. The van der Waals surface area contributed by atoms with Crippen molar-refractivity contribution in [2.45, 2.75) is 75.7 Å². The van der Waals surface area contributed by atoms with Crippen molar-refractivity contribution in [1.82, 2.24) is 15.0 Å². The molecule has 1 saturated heterocycles. The summed E-state index contributed by atoms with van der Waals surface area (Å²) in [6.07, 6.45) is 1.00. The van der Waals surface area contributed by atoms with Crippen molar-refractivity contribution in [2.75, 3.05) is 23.9 Å². The van der Waals surface area contributed by atoms with Crippen LogP contribution in [0.3, 0.4) is 0 Å². The second-order valence-electron chi connectivity index (χ2n) is 15.4. The quantitative estimate of drug-likeness (QED) is 0.119. The van der Waals surface area contributed by atoms with Crippen LogP contribution in [0.5, 0.6) is 5.75 Å². The number of methoxy groups -OCH3 is 1. The molecule has 5 aromatic rings. The Morgan fingerprint density at radius 2 is 1.77 bits per heavy atom. The summed E-state index contributed by atoms with van der Waals surface area (Å²) in [4.78, 5) is 29.0. The molecule has 0 aliphatic carbocycles. The molecule has 2 aliphatic heterocycles. The number of carbonyl (C=O) groups is 2. The van der Waals surface area contributed by atoms with Crippen LogP contribution in [0.15, 0.2) is 103 Å². The number of aliphatic hydroxyl groups excluding tert-OH is 2. The van der Waals surface area contributed by atoms with Gasteiger partial charge in [-0.05, 0) is 72.5 Å². The highest BCUT2D eigenvalue weighted by Gasteiger charge is 2.66. The minimum absolute atomic E-state index is 0.000869. The van der Waals surface area contributed by atoms with E-state index in [1.807, 2.05) is 72.9 Å². The van der Waals surface area contributed by atoms with Gasteiger partial charge in [0.05, 0.1) is 51.7 Å². The van der Waals surface area contributed by atoms with Crippen molar-refractivity contribution in [2.24, 2.45) is 5.92 Å². The molecule has 0 radical (unpaired) electrons. The first-order valence-electron chi connectivity index (χ1n) is 19.0. The molecule has 11 nitrogen and oxygen atoms in total. The van der Waals surface area contributed by atoms with E-state index in [-0.39, 0.29) is 42.5 Å². The molecule has 6 atom stereocenters. The third kappa shape index (κ3) is 7.27. The zero-order valence-electron chi connectivity index (χ0n) is 32.2. The highest BCUT2D eigenvalue weighted by molar-refractivity contribution is 6.91. The third-order valence-electron chi connectivity index (χ3n) is 11.7. The van der Waals surface area contributed by atoms with Crippen molar-refractivity contribution >= 4 is 48.1 Å². The molecule has 292 valence electrons. The summed E-state index contributed by atoms with van der Waals surface area (Å²) in [6, 6.07) is 30.9. The summed E-state index contributed by atoms with van der Waals surface area (Å²) in [5.41, 5.74) is 3.27. The van der Waals surface area contributed by atoms with Gasteiger partial charge in [-0.15, -0.1) is 5.10 Å². The van der Waals surface area contributed by atoms with Crippen molar-refractivity contribution in [3.8, 4) is 5.75 Å². The lowest BCUT2D eigenvalue weighted by Gasteiger charge is -2.37. The summed E-state index contributed by atoms with van der Waals surface area (Å²) >= 11 is 6.70. The van der Waals surface area contributed by atoms with Crippen molar-refractivity contribution in [1.29, 1.82) is 0 Å². The van der Waals surface area contributed by atoms with Crippen LogP contribution >= 0.6 is 11.6 Å². The minimum Gasteiger partial charge on any atom is -0.497 e. The average Bonchev–Trinajstić information content (AvgIpc) is 3.85. The number of aryl methyl sites for hydroxylation is 1. The van der Waals surface area contributed by atoms with Crippen LogP contribution in [-0.2, 0) is 33.0 Å². The van der Waals surface area contributed by atoms with Gasteiger partial charge in [-0.1, -0.05) is 96.6 Å². The van der Waals surface area contributed by atoms with E-state index in [0.717, 1.165) is 28.1 Å². The second-order valence-corrected chi connectivity index (χ2v) is 20.5. The molecule has 0 bridgehead atoms. The Kier molecular flexibility index (Phi) is 11.2. The highest BCUT2D eigenvalue weighted by Crippen LogP contribution is 2.60. The van der Waals surface area contributed by atoms with Gasteiger partial charge in [0.15, 0.2) is 5.60 Å². The number of nitrogens with zero attached hydrogens (tertiary/aromatic N) is 4. The lowest BCUT2D eigenvalue weighted by molar-refractivity contribution is -0.146. The Labute approximate surface area is 333 Å². The number of ether oxygens (including phenoxy) is 2. The maximum absolute atomic E-state index is 15.2. The van der Waals surface area contributed by atoms with Crippen LogP contribution in [-0.4, -0.2) is 71.0 Å². The number of nitrogens with one attached hydrogen (secondary N) is 1. The van der Waals surface area contributed by atoms with Gasteiger partial charge in [-0.3, -0.25) is 14.3 Å². The Morgan fingerprint density at radius 1 is 1.05 bits per heavy atom. The first-order valence-corrected chi connectivity index (χ1v) is 22.4. The monoisotopic (exact) mass is 793 g/mol. The predicted molar refractivity (Wildman–Crippen MR) is 219 cm³/mol. The zero-order chi connectivity index (χ0) is 39.8. The van der Waals surface area contributed by atoms with Crippen molar-refractivity contribution in [3.63, 3.8) is 0 Å². The maximum atomic E-state index is 15.2. The number of fused-ring (bicyclic) bond motifs is 2. The zero-order valence-corrected chi connectivity index (χ0v) is 34.0. The molecular formula is C43H48ClN5O6Si. The van der Waals surface area contributed by atoms with E-state index in [1.54, 1.807) is 34.9 Å². The molecule has 13 heteroatoms. The molecule has 0 saturated carbocycles. The SMILES string of the molecule is COc1ccc([Si](C)(C)[C@@H]2[C@@H](CCn3cc(C(CO)c4ccccc4)nn3)O[C@]3(C(=O)N(Cc4ccc(NC(=O)[C@H](C)O)cc4)c4ccc(Cl)cc43)[C@H]2C)cc1. The van der Waals surface area contributed by atoms with E-state index in [0.29, 0.717) is 29.4 Å². The molecular weight excluding hydrogens is 746 g/mol. The minimum atomic E-state index is -2.41. The molecule has 56 heavy (non-hydrogen) atoms. The fourth-order valence-corrected chi connectivity index (χ4v) is 13.0. The van der Waals surface area contributed by atoms with Crippen LogP contribution in [0, 0.1) is 5.92 Å². The topological polar surface area (TPSA) is 139 Å². The summed E-state index contributed by atoms with van der Waals surface area (Å²) in [7, 11) is -0.747. The molecule has 7 rings (SSSR count). The van der Waals surface area contributed by atoms with Crippen molar-refractivity contribution in [3.05, 3.63) is 131 Å². The summed E-state index contributed by atoms with van der Waals surface area (Å²) in [6.45, 7) is 8.93. The van der Waals surface area contributed by atoms with E-state index in [1.165, 1.54) is 12.1 Å². The number of hydrogen-bond donors (Lipinski definition) is 3. The molecule has 4 aromatic carbocycles. The molecule has 1 aromatic heterocycles. The highest BCUT2D eigenvalue weighted by atomic mass is 35.5. The Morgan fingerprint density at radius 3 is 2.43 bits per heavy atom. The number of carbonyl (C=O) groups excluding carboxylic acids is 2. The Balaban J connectivity index is 1.22. The van der Waals surface area contributed by atoms with Gasteiger partial charge < -0.3 is 29.9 Å². The molecule has 2 amide bonds. The van der Waals surface area contributed by atoms with Gasteiger partial charge in [0, 0.05) is 34.9 Å². The number of aromatic nitrogens is 3. The van der Waals surface area contributed by atoms with E-state index in [4.69, 9.17) is 21.1 Å². The van der Waals surface area contributed by atoms with Gasteiger partial charge in [0.2, 0.25) is 0 Å². The van der Waals surface area contributed by atoms with E-state index in [2.05, 4.69) is 47.8 Å². The number of benzene rings is 4. The summed E-state index contributed by atoms with van der Waals surface area (Å²) < 4.78 is 14.6. The number of halogens is 1. The maximum Gasteiger partial charge on any atom is 0.264 e. The second kappa shape index (κ2) is 15.9. The lowest BCUT2D eigenvalue weighted by Crippen LogP contribution is -2.51. The van der Waals surface area contributed by atoms with E-state index >= 15 is 4.79 Å². The molecule has 1 spiro atoms. The average molecular weight is 794 g/mol. The van der Waals surface area contributed by atoms with Crippen LogP contribution < -0.4 is 20.1 Å². The Hall–Kier alpha value is -4.85. The molecule has 1 unspecified atom stereocenters. The van der Waals surface area contributed by atoms with Crippen LogP contribution in [0.1, 0.15) is 48.6 Å². The fourth-order valence-electron chi connectivity index (χ4n) is 8.73. The van der Waals surface area contributed by atoms with Gasteiger partial charge in [0.1, 0.15) is 11.9 Å². The third-order valence-corrected chi connectivity index (χ3v) is 16.3. The molecule has 3 N–H and O–H groups in total. The smallest absolute Gasteiger partial charge is 0.264 e. The van der Waals surface area contributed by atoms with Gasteiger partial charge in [0.25, 0.3) is 11.8 Å². The standard InChI is InChI=1S/C43H48ClN5O6Si/c1-27-40(56(4,5)34-18-16-33(54-3)17-19-34)39(21-22-48-25-37(46-47-48)35(26-50)30-9-7-6-8-10-30)55-43(27)36-23-31(44)13-20-38(36)49(42(43)53)24-29-11-14-32(15-12-29)45-41(52)28(2)51/h6-20,23,25,27-28,35,39-40,50-51H,21-22,24,26H2,1-5H3,(H,45,52)/t27-,28-,35?,39+,40-,43+/m0/s1. The summed E-state index contributed by atoms with van der Waals surface area (Å²) in [5.74, 6) is -0.384. The molecule has 3 heterocycles. The Bertz CT molecular complexity index is 2180. The van der Waals surface area contributed by atoms with Gasteiger partial charge >= 0.3 is 0 Å². The number of aliphatic hydroxyl groups is 2. The first-order chi connectivity index (χ1) is 26.9. The van der Waals surface area contributed by atoms with Crippen LogP contribution in [0.4, 0.5) is 11.4 Å². The van der Waals surface area contributed by atoms with Crippen molar-refractivity contribution < 1.29 is 29.3 Å². The van der Waals surface area contributed by atoms with Crippen LogP contribution in [0.2, 0.25) is 23.7 Å². The number of hydrogen-bond acceptors (Lipinski definition) is 8. The first kappa shape index (κ1) is 39.4. The predicted octanol–water partition coefficient (Wildman–Crippen LogP) is 6.24. The largest absolute Gasteiger partial charge is 0.497 e. The van der Waals surface area contributed by atoms with Crippen LogP contribution in [0.25, 0.3) is 0 Å². The molecule has 1 fully saturated rings. The summed E-state index contributed by atoms with van der Waals surface area (Å²) in [5, 5.41) is 33.3. The molecule has 2 aliphatic rings.